The van der Waals surface area contributed by atoms with Gasteiger partial charge in [0.25, 0.3) is 0 Å². The van der Waals surface area contributed by atoms with Crippen LogP contribution >= 0.6 is 24.0 Å². The van der Waals surface area contributed by atoms with Crippen LogP contribution in [-0.2, 0) is 10.0 Å². The fourth-order valence-electron chi connectivity index (χ4n) is 3.00. The molecule has 1 unspecified atom stereocenters. The lowest BCUT2D eigenvalue weighted by Crippen LogP contribution is -2.46. The first kappa shape index (κ1) is 18.5. The highest BCUT2D eigenvalue weighted by atomic mass is 35.5. The highest BCUT2D eigenvalue weighted by Crippen LogP contribution is 2.31. The average molecular weight is 375 g/mol. The van der Waals surface area contributed by atoms with Crippen LogP contribution in [-0.4, -0.2) is 38.9 Å². The summed E-state index contributed by atoms with van der Waals surface area (Å²) >= 11 is 6.19. The van der Waals surface area contributed by atoms with Gasteiger partial charge < -0.3 is 5.32 Å². The molecule has 1 heterocycles. The van der Waals surface area contributed by atoms with E-state index in [1.54, 1.807) is 16.4 Å². The molecule has 1 saturated heterocycles. The number of piperidine rings is 1. The van der Waals surface area contributed by atoms with Crippen molar-refractivity contribution in [2.24, 2.45) is 0 Å². The number of sulfonamides is 1. The van der Waals surface area contributed by atoms with Crippen molar-refractivity contribution in [3.63, 3.8) is 0 Å². The van der Waals surface area contributed by atoms with Crippen molar-refractivity contribution in [3.05, 3.63) is 41.4 Å². The molecule has 23 heavy (non-hydrogen) atoms. The Bertz CT molecular complexity index is 796. The van der Waals surface area contributed by atoms with Crippen molar-refractivity contribution in [2.75, 3.05) is 20.1 Å². The minimum absolute atomic E-state index is 0. The molecule has 1 aliphatic rings. The Kier molecular flexibility index (Phi) is 5.92. The number of fused-ring (bicyclic) bond motifs is 1. The van der Waals surface area contributed by atoms with Crippen molar-refractivity contribution < 1.29 is 8.42 Å². The Hall–Kier alpha value is -0.850. The third-order valence-corrected chi connectivity index (χ3v) is 6.49. The van der Waals surface area contributed by atoms with Gasteiger partial charge in [-0.1, -0.05) is 35.9 Å². The third kappa shape index (κ3) is 3.49. The van der Waals surface area contributed by atoms with Crippen molar-refractivity contribution in [2.45, 2.75) is 23.8 Å². The van der Waals surface area contributed by atoms with Crippen molar-refractivity contribution >= 4 is 44.8 Å². The van der Waals surface area contributed by atoms with Crippen molar-refractivity contribution in [1.29, 1.82) is 0 Å². The lowest BCUT2D eigenvalue weighted by atomic mass is 10.1. The summed E-state index contributed by atoms with van der Waals surface area (Å²) in [5.74, 6) is 0. The molecule has 0 aliphatic carbocycles. The summed E-state index contributed by atoms with van der Waals surface area (Å²) < 4.78 is 27.6. The van der Waals surface area contributed by atoms with E-state index in [1.807, 2.05) is 31.3 Å². The van der Waals surface area contributed by atoms with E-state index in [4.69, 9.17) is 11.6 Å². The molecule has 4 nitrogen and oxygen atoms in total. The summed E-state index contributed by atoms with van der Waals surface area (Å²) in [6.07, 6.45) is 1.88. The fraction of sp³-hybridized carbons (Fsp3) is 0.375. The van der Waals surface area contributed by atoms with Crippen LogP contribution < -0.4 is 5.32 Å². The molecule has 1 fully saturated rings. The normalized spacial score (nSPS) is 19.5. The maximum Gasteiger partial charge on any atom is 0.243 e. The summed E-state index contributed by atoms with van der Waals surface area (Å²) in [6.45, 7) is 1.08. The Morgan fingerprint density at radius 1 is 1.17 bits per heavy atom. The van der Waals surface area contributed by atoms with Crippen LogP contribution in [0, 0.1) is 0 Å². The third-order valence-electron chi connectivity index (χ3n) is 4.24. The molecule has 1 N–H and O–H groups in total. The lowest BCUT2D eigenvalue weighted by Gasteiger charge is -2.32. The predicted molar refractivity (Wildman–Crippen MR) is 97.0 cm³/mol. The maximum absolute atomic E-state index is 13.0. The van der Waals surface area contributed by atoms with Gasteiger partial charge in [-0.25, -0.2) is 8.42 Å². The second-order valence-corrected chi connectivity index (χ2v) is 7.90. The van der Waals surface area contributed by atoms with Crippen molar-refractivity contribution in [3.8, 4) is 0 Å². The van der Waals surface area contributed by atoms with E-state index in [0.717, 1.165) is 18.2 Å². The Morgan fingerprint density at radius 3 is 2.57 bits per heavy atom. The monoisotopic (exact) mass is 374 g/mol. The Labute approximate surface area is 148 Å². The summed E-state index contributed by atoms with van der Waals surface area (Å²) in [7, 11) is -1.64. The molecule has 2 aromatic carbocycles. The zero-order chi connectivity index (χ0) is 15.7. The van der Waals surface area contributed by atoms with Gasteiger partial charge >= 0.3 is 0 Å². The minimum atomic E-state index is -3.51. The fourth-order valence-corrected chi connectivity index (χ4v) is 4.94. The largest absolute Gasteiger partial charge is 0.316 e. The smallest absolute Gasteiger partial charge is 0.243 e. The van der Waals surface area contributed by atoms with Gasteiger partial charge in [-0.2, -0.15) is 4.31 Å². The molecule has 0 bridgehead atoms. The molecular weight excluding hydrogens is 355 g/mol. The summed E-state index contributed by atoms with van der Waals surface area (Å²) in [6, 6.07) is 10.9. The van der Waals surface area contributed by atoms with E-state index >= 15 is 0 Å². The van der Waals surface area contributed by atoms with Crippen LogP contribution in [0.25, 0.3) is 10.8 Å². The van der Waals surface area contributed by atoms with Crippen LogP contribution in [0.1, 0.15) is 12.8 Å². The second kappa shape index (κ2) is 7.36. The van der Waals surface area contributed by atoms with E-state index in [2.05, 4.69) is 5.32 Å². The SMILES string of the molecule is CNC1CCCN(S(=O)(=O)c2ccc(Cl)c3ccccc23)C1.Cl. The number of hydrogen-bond acceptors (Lipinski definition) is 3. The highest BCUT2D eigenvalue weighted by molar-refractivity contribution is 7.89. The molecule has 0 spiro atoms. The van der Waals surface area contributed by atoms with Crippen LogP contribution in [0.15, 0.2) is 41.3 Å². The van der Waals surface area contributed by atoms with Crippen LogP contribution in [0.2, 0.25) is 5.02 Å². The molecule has 1 atom stereocenters. The molecule has 0 aromatic heterocycles. The van der Waals surface area contributed by atoms with E-state index in [9.17, 15) is 8.42 Å². The number of nitrogens with zero attached hydrogens (tertiary/aromatic N) is 1. The topological polar surface area (TPSA) is 49.4 Å². The minimum Gasteiger partial charge on any atom is -0.316 e. The molecular formula is C16H20Cl2N2O2S. The number of benzene rings is 2. The molecule has 0 amide bonds. The van der Waals surface area contributed by atoms with Crippen LogP contribution in [0.3, 0.4) is 0 Å². The quantitative estimate of drug-likeness (QED) is 0.896. The molecule has 0 radical (unpaired) electrons. The van der Waals surface area contributed by atoms with Gasteiger partial charge in [0.15, 0.2) is 0 Å². The summed E-state index contributed by atoms with van der Waals surface area (Å²) in [4.78, 5) is 0.337. The average Bonchev–Trinajstić information content (AvgIpc) is 2.55. The number of likely N-dealkylation sites (N-methyl/N-ethyl adjacent to an activating group) is 1. The van der Waals surface area contributed by atoms with Gasteiger partial charge in [0, 0.05) is 34.9 Å². The molecule has 7 heteroatoms. The van der Waals surface area contributed by atoms with E-state index in [-0.39, 0.29) is 18.4 Å². The molecule has 1 aliphatic heterocycles. The first-order valence-corrected chi connectivity index (χ1v) is 9.20. The number of rotatable bonds is 3. The first-order chi connectivity index (χ1) is 10.5. The number of hydrogen-bond donors (Lipinski definition) is 1. The molecule has 0 saturated carbocycles. The molecule has 3 rings (SSSR count). The van der Waals surface area contributed by atoms with Crippen LogP contribution in [0.5, 0.6) is 0 Å². The van der Waals surface area contributed by atoms with Crippen LogP contribution in [0.4, 0.5) is 0 Å². The van der Waals surface area contributed by atoms with Gasteiger partial charge in [0.1, 0.15) is 0 Å². The first-order valence-electron chi connectivity index (χ1n) is 7.38. The summed E-state index contributed by atoms with van der Waals surface area (Å²) in [5, 5.41) is 5.20. The Balaban J connectivity index is 0.00000192. The molecule has 126 valence electrons. The molecule has 2 aromatic rings. The van der Waals surface area contributed by atoms with Gasteiger partial charge in [-0.3, -0.25) is 0 Å². The zero-order valence-electron chi connectivity index (χ0n) is 12.8. The summed E-state index contributed by atoms with van der Waals surface area (Å²) in [5.41, 5.74) is 0. The lowest BCUT2D eigenvalue weighted by molar-refractivity contribution is 0.293. The number of halogens is 2. The maximum atomic E-state index is 13.0. The predicted octanol–water partition coefficient (Wildman–Crippen LogP) is 3.29. The highest BCUT2D eigenvalue weighted by Gasteiger charge is 2.30. The standard InChI is InChI=1S/C16H19ClN2O2S.ClH/c1-18-12-5-4-10-19(11-12)22(20,21)16-9-8-15(17)13-6-2-3-7-14(13)16;/h2-3,6-9,12,18H,4-5,10-11H2,1H3;1H. The van der Waals surface area contributed by atoms with Gasteiger partial charge in [0.05, 0.1) is 4.90 Å². The zero-order valence-corrected chi connectivity index (χ0v) is 15.2. The van der Waals surface area contributed by atoms with Gasteiger partial charge in [0.2, 0.25) is 10.0 Å². The van der Waals surface area contributed by atoms with E-state index in [1.165, 1.54) is 0 Å². The van der Waals surface area contributed by atoms with Gasteiger partial charge in [-0.15, -0.1) is 12.4 Å². The van der Waals surface area contributed by atoms with E-state index < -0.39 is 10.0 Å². The van der Waals surface area contributed by atoms with Crippen molar-refractivity contribution in [1.82, 2.24) is 9.62 Å². The van der Waals surface area contributed by atoms with E-state index in [0.29, 0.717) is 28.4 Å². The Morgan fingerprint density at radius 2 is 1.87 bits per heavy atom. The van der Waals surface area contributed by atoms with Gasteiger partial charge in [-0.05, 0) is 32.0 Å². The second-order valence-electron chi connectivity index (χ2n) is 5.58. The number of nitrogens with one attached hydrogen (secondary N) is 1.